The number of hydrogen-bond acceptors (Lipinski definition) is 4. The highest BCUT2D eigenvalue weighted by Crippen LogP contribution is 2.33. The van der Waals surface area contributed by atoms with Crippen molar-refractivity contribution in [1.29, 1.82) is 0 Å². The predicted molar refractivity (Wildman–Crippen MR) is 100 cm³/mol. The zero-order valence-electron chi connectivity index (χ0n) is 13.2. The topological polar surface area (TPSA) is 51.2 Å². The fraction of sp³-hybridized carbons (Fsp3) is 0.100. The lowest BCUT2D eigenvalue weighted by molar-refractivity contribution is -0.122. The van der Waals surface area contributed by atoms with Crippen LogP contribution in [0.3, 0.4) is 0 Å². The fourth-order valence-corrected chi connectivity index (χ4v) is 4.11. The summed E-state index contributed by atoms with van der Waals surface area (Å²) >= 11 is 1.48. The molecule has 122 valence electrons. The molecular formula is C20H14N2O2S. The summed E-state index contributed by atoms with van der Waals surface area (Å²) in [7, 11) is 0. The summed E-state index contributed by atoms with van der Waals surface area (Å²) < 4.78 is 6.81. The van der Waals surface area contributed by atoms with Crippen molar-refractivity contribution in [3.63, 3.8) is 0 Å². The molecule has 4 nitrogen and oxygen atoms in total. The number of rotatable bonds is 2. The second-order valence-electron chi connectivity index (χ2n) is 6.06. The first-order chi connectivity index (χ1) is 12.3. The lowest BCUT2D eigenvalue weighted by Crippen LogP contribution is -2.31. The molecule has 5 rings (SSSR count). The van der Waals surface area contributed by atoms with E-state index in [0.29, 0.717) is 11.6 Å². The first-order valence-corrected chi connectivity index (χ1v) is 8.93. The molecule has 1 aromatic heterocycles. The van der Waals surface area contributed by atoms with Crippen molar-refractivity contribution in [2.24, 2.45) is 0 Å². The van der Waals surface area contributed by atoms with Gasteiger partial charge in [-0.1, -0.05) is 59.9 Å². The van der Waals surface area contributed by atoms with Crippen LogP contribution in [0, 0.1) is 0 Å². The van der Waals surface area contributed by atoms with E-state index >= 15 is 0 Å². The van der Waals surface area contributed by atoms with Gasteiger partial charge in [-0.2, -0.15) is 0 Å². The Hall–Kier alpha value is -2.92. The van der Waals surface area contributed by atoms with Gasteiger partial charge in [0.1, 0.15) is 5.75 Å². The van der Waals surface area contributed by atoms with Gasteiger partial charge in [0.15, 0.2) is 11.2 Å². The molecule has 25 heavy (non-hydrogen) atoms. The van der Waals surface area contributed by atoms with Crippen LogP contribution in [0.2, 0.25) is 0 Å². The van der Waals surface area contributed by atoms with Crippen LogP contribution < -0.4 is 10.1 Å². The van der Waals surface area contributed by atoms with Gasteiger partial charge in [0.25, 0.3) is 5.91 Å². The summed E-state index contributed by atoms with van der Waals surface area (Å²) in [6, 6.07) is 20.0. The van der Waals surface area contributed by atoms with Gasteiger partial charge in [0.2, 0.25) is 0 Å². The van der Waals surface area contributed by atoms with Gasteiger partial charge in [0.05, 0.1) is 10.2 Å². The third-order valence-corrected chi connectivity index (χ3v) is 5.39. The van der Waals surface area contributed by atoms with Crippen molar-refractivity contribution >= 4 is 43.4 Å². The monoisotopic (exact) mass is 346 g/mol. The molecule has 2 heterocycles. The third-order valence-electron chi connectivity index (χ3n) is 4.45. The first kappa shape index (κ1) is 14.4. The lowest BCUT2D eigenvalue weighted by Gasteiger charge is -2.09. The molecule has 0 aliphatic carbocycles. The van der Waals surface area contributed by atoms with Gasteiger partial charge in [-0.25, -0.2) is 4.98 Å². The molecule has 5 heteroatoms. The van der Waals surface area contributed by atoms with Gasteiger partial charge in [-0.05, 0) is 23.1 Å². The second-order valence-corrected chi connectivity index (χ2v) is 7.09. The quantitative estimate of drug-likeness (QED) is 0.585. The number of para-hydroxylation sites is 1. The molecule has 1 aliphatic heterocycles. The molecule has 0 saturated carbocycles. The number of nitrogens with zero attached hydrogens (tertiary/aromatic N) is 1. The standard InChI is InChI=1S/C20H14N2O2S/c23-19(16-11-13-6-2-4-8-15(13)24-16)22-20-21-18-14-7-3-1-5-12(14)9-10-17(18)25-20/h1-10,16H,11H2,(H,21,22,23)/t16-/m0/s1. The largest absolute Gasteiger partial charge is 0.480 e. The molecule has 3 aromatic carbocycles. The maximum atomic E-state index is 12.6. The van der Waals surface area contributed by atoms with Gasteiger partial charge < -0.3 is 4.74 Å². The Morgan fingerprint density at radius 3 is 2.84 bits per heavy atom. The highest BCUT2D eigenvalue weighted by atomic mass is 32.1. The Balaban J connectivity index is 1.43. The molecule has 1 aliphatic rings. The lowest BCUT2D eigenvalue weighted by atomic mass is 10.1. The summed E-state index contributed by atoms with van der Waals surface area (Å²) in [6.07, 6.45) is 0.0942. The Labute approximate surface area is 148 Å². The number of fused-ring (bicyclic) bond motifs is 4. The van der Waals surface area contributed by atoms with Gasteiger partial charge in [0, 0.05) is 11.8 Å². The number of aromatic nitrogens is 1. The molecule has 1 N–H and O–H groups in total. The van der Waals surface area contributed by atoms with Crippen molar-refractivity contribution in [1.82, 2.24) is 4.98 Å². The predicted octanol–water partition coefficient (Wildman–Crippen LogP) is 4.39. The minimum absolute atomic E-state index is 0.153. The third kappa shape index (κ3) is 2.44. The number of benzene rings is 3. The van der Waals surface area contributed by atoms with Crippen LogP contribution in [0.1, 0.15) is 5.56 Å². The molecule has 1 amide bonds. The molecule has 0 radical (unpaired) electrons. The van der Waals surface area contributed by atoms with E-state index in [9.17, 15) is 4.79 Å². The van der Waals surface area contributed by atoms with E-state index in [2.05, 4.69) is 28.5 Å². The minimum atomic E-state index is -0.499. The number of carbonyl (C=O) groups excluding carboxylic acids is 1. The van der Waals surface area contributed by atoms with Crippen molar-refractivity contribution in [3.8, 4) is 5.75 Å². The smallest absolute Gasteiger partial charge is 0.267 e. The van der Waals surface area contributed by atoms with Gasteiger partial charge in [-0.3, -0.25) is 10.1 Å². The maximum Gasteiger partial charge on any atom is 0.267 e. The Kier molecular flexibility index (Phi) is 3.21. The summed E-state index contributed by atoms with van der Waals surface area (Å²) in [5, 5.41) is 5.77. The maximum absolute atomic E-state index is 12.6. The molecule has 0 saturated heterocycles. The normalized spacial score (nSPS) is 15.9. The van der Waals surface area contributed by atoms with E-state index < -0.39 is 6.10 Å². The van der Waals surface area contributed by atoms with Gasteiger partial charge in [-0.15, -0.1) is 0 Å². The van der Waals surface area contributed by atoms with Gasteiger partial charge >= 0.3 is 0 Å². The number of carbonyl (C=O) groups is 1. The Bertz CT molecular complexity index is 1090. The molecule has 1 atom stereocenters. The van der Waals surface area contributed by atoms with E-state index in [1.165, 1.54) is 11.3 Å². The van der Waals surface area contributed by atoms with E-state index in [0.717, 1.165) is 32.3 Å². The van der Waals surface area contributed by atoms with Crippen molar-refractivity contribution in [3.05, 3.63) is 66.2 Å². The second kappa shape index (κ2) is 5.57. The molecule has 0 unspecified atom stereocenters. The fourth-order valence-electron chi connectivity index (χ4n) is 3.23. The van der Waals surface area contributed by atoms with Crippen molar-refractivity contribution in [2.75, 3.05) is 5.32 Å². The number of nitrogens with one attached hydrogen (secondary N) is 1. The zero-order chi connectivity index (χ0) is 16.8. The Morgan fingerprint density at radius 1 is 1.08 bits per heavy atom. The van der Waals surface area contributed by atoms with E-state index in [4.69, 9.17) is 4.74 Å². The number of amides is 1. The number of thiazole rings is 1. The average molecular weight is 346 g/mol. The van der Waals surface area contributed by atoms with Crippen LogP contribution in [-0.2, 0) is 11.2 Å². The van der Waals surface area contributed by atoms with Crippen LogP contribution in [0.25, 0.3) is 21.0 Å². The highest BCUT2D eigenvalue weighted by Gasteiger charge is 2.29. The van der Waals surface area contributed by atoms with Crippen LogP contribution in [0.15, 0.2) is 60.7 Å². The Morgan fingerprint density at radius 2 is 1.92 bits per heavy atom. The first-order valence-electron chi connectivity index (χ1n) is 8.12. The number of anilines is 1. The molecular weight excluding hydrogens is 332 g/mol. The zero-order valence-corrected chi connectivity index (χ0v) is 14.0. The molecule has 0 spiro atoms. The highest BCUT2D eigenvalue weighted by molar-refractivity contribution is 7.22. The molecule has 0 bridgehead atoms. The number of ether oxygens (including phenoxy) is 1. The van der Waals surface area contributed by atoms with Crippen LogP contribution in [-0.4, -0.2) is 17.0 Å². The summed E-state index contributed by atoms with van der Waals surface area (Å²) in [5.74, 6) is 0.637. The van der Waals surface area contributed by atoms with Crippen molar-refractivity contribution in [2.45, 2.75) is 12.5 Å². The SMILES string of the molecule is O=C(Nc1nc2c(ccc3ccccc32)s1)[C@@H]1Cc2ccccc2O1. The van der Waals surface area contributed by atoms with E-state index in [1.807, 2.05) is 42.5 Å². The summed E-state index contributed by atoms with van der Waals surface area (Å²) in [5.41, 5.74) is 1.99. The van der Waals surface area contributed by atoms with E-state index in [-0.39, 0.29) is 5.91 Å². The van der Waals surface area contributed by atoms with Crippen LogP contribution in [0.4, 0.5) is 5.13 Å². The number of hydrogen-bond donors (Lipinski definition) is 1. The van der Waals surface area contributed by atoms with Crippen LogP contribution in [0.5, 0.6) is 5.75 Å². The van der Waals surface area contributed by atoms with Crippen molar-refractivity contribution < 1.29 is 9.53 Å². The molecule has 4 aromatic rings. The molecule has 0 fully saturated rings. The summed E-state index contributed by atoms with van der Waals surface area (Å²) in [6.45, 7) is 0. The average Bonchev–Trinajstić information content (AvgIpc) is 3.25. The van der Waals surface area contributed by atoms with Crippen LogP contribution >= 0.6 is 11.3 Å². The van der Waals surface area contributed by atoms with E-state index in [1.54, 1.807) is 0 Å². The summed E-state index contributed by atoms with van der Waals surface area (Å²) in [4.78, 5) is 17.2. The minimum Gasteiger partial charge on any atom is -0.480 e.